The first-order chi connectivity index (χ1) is 12.0. The molecule has 4 nitrogen and oxygen atoms in total. The molecule has 0 fully saturated rings. The number of aromatic nitrogens is 2. The first-order valence-corrected chi connectivity index (χ1v) is 7.75. The number of ketones is 1. The minimum atomic E-state index is -2.67. The zero-order valence-electron chi connectivity index (χ0n) is 12.9. The summed E-state index contributed by atoms with van der Waals surface area (Å²) in [6.07, 6.45) is 2.48. The van der Waals surface area contributed by atoms with Crippen molar-refractivity contribution in [2.75, 3.05) is 0 Å². The summed E-state index contributed by atoms with van der Waals surface area (Å²) in [6.45, 7) is -2.76. The van der Waals surface area contributed by atoms with E-state index >= 15 is 0 Å². The number of halogens is 3. The lowest BCUT2D eigenvalue weighted by Gasteiger charge is -2.09. The van der Waals surface area contributed by atoms with E-state index in [1.807, 2.05) is 0 Å². The zero-order valence-corrected chi connectivity index (χ0v) is 13.7. The highest BCUT2D eigenvalue weighted by Gasteiger charge is 2.12. The average molecular weight is 363 g/mol. The summed E-state index contributed by atoms with van der Waals surface area (Å²) in [7, 11) is 0. The van der Waals surface area contributed by atoms with Gasteiger partial charge in [0, 0.05) is 28.5 Å². The Morgan fingerprint density at radius 2 is 1.68 bits per heavy atom. The molecule has 2 aromatic carbocycles. The Labute approximate surface area is 147 Å². The maximum absolute atomic E-state index is 12.7. The molecular weight excluding hydrogens is 350 g/mol. The Bertz CT molecular complexity index is 862. The Morgan fingerprint density at radius 3 is 2.28 bits per heavy atom. The first kappa shape index (κ1) is 17.1. The maximum atomic E-state index is 12.7. The smallest absolute Gasteiger partial charge is 0.320 e. The lowest BCUT2D eigenvalue weighted by Crippen LogP contribution is -2.07. The molecule has 0 aliphatic heterocycles. The maximum Gasteiger partial charge on any atom is 0.320 e. The summed E-state index contributed by atoms with van der Waals surface area (Å²) >= 11 is 5.81. The quantitative estimate of drug-likeness (QED) is 0.595. The van der Waals surface area contributed by atoms with E-state index in [1.165, 1.54) is 12.4 Å². The molecule has 0 aliphatic carbocycles. The van der Waals surface area contributed by atoms with Crippen molar-refractivity contribution in [2.24, 2.45) is 0 Å². The second-order valence-electron chi connectivity index (χ2n) is 5.18. The number of rotatable bonds is 6. The minimum Gasteiger partial charge on any atom is -0.486 e. The van der Waals surface area contributed by atoms with Crippen LogP contribution in [0.15, 0.2) is 60.9 Å². The molecule has 1 heterocycles. The lowest BCUT2D eigenvalue weighted by molar-refractivity contribution is 0.0632. The van der Waals surface area contributed by atoms with Crippen LogP contribution in [0.25, 0.3) is 0 Å². The highest BCUT2D eigenvalue weighted by atomic mass is 35.5. The van der Waals surface area contributed by atoms with Crippen LogP contribution in [-0.2, 0) is 6.61 Å². The van der Waals surface area contributed by atoms with Crippen LogP contribution >= 0.6 is 11.6 Å². The number of nitrogens with zero attached hydrogens (tertiary/aromatic N) is 2. The fraction of sp³-hybridized carbons (Fsp3) is 0.111. The third-order valence-electron chi connectivity index (χ3n) is 3.55. The molecule has 1 aromatic heterocycles. The van der Waals surface area contributed by atoms with Gasteiger partial charge in [-0.1, -0.05) is 11.6 Å². The van der Waals surface area contributed by atoms with E-state index in [-0.39, 0.29) is 18.2 Å². The normalized spacial score (nSPS) is 10.9. The van der Waals surface area contributed by atoms with Gasteiger partial charge in [0.15, 0.2) is 11.6 Å². The number of imidazole rings is 1. The van der Waals surface area contributed by atoms with Gasteiger partial charge in [0.1, 0.15) is 12.4 Å². The summed E-state index contributed by atoms with van der Waals surface area (Å²) in [6, 6.07) is 13.1. The Morgan fingerprint density at radius 1 is 1.08 bits per heavy atom. The fourth-order valence-electron chi connectivity index (χ4n) is 2.25. The third kappa shape index (κ3) is 4.03. The van der Waals surface area contributed by atoms with E-state index in [9.17, 15) is 13.6 Å². The monoisotopic (exact) mass is 362 g/mol. The van der Waals surface area contributed by atoms with Gasteiger partial charge in [0.05, 0.1) is 0 Å². The molecule has 0 atom stereocenters. The molecule has 0 saturated carbocycles. The number of carbonyl (C=O) groups excluding carboxylic acids is 1. The van der Waals surface area contributed by atoms with Gasteiger partial charge in [-0.2, -0.15) is 8.78 Å². The van der Waals surface area contributed by atoms with Crippen molar-refractivity contribution >= 4 is 17.4 Å². The van der Waals surface area contributed by atoms with Gasteiger partial charge in [-0.25, -0.2) is 4.98 Å². The van der Waals surface area contributed by atoms with Crippen LogP contribution in [0, 0.1) is 0 Å². The summed E-state index contributed by atoms with van der Waals surface area (Å²) < 4.78 is 31.7. The average Bonchev–Trinajstić information content (AvgIpc) is 3.09. The number of carbonyl (C=O) groups is 1. The zero-order chi connectivity index (χ0) is 17.8. The molecule has 7 heteroatoms. The van der Waals surface area contributed by atoms with Crippen LogP contribution in [0.1, 0.15) is 28.3 Å². The van der Waals surface area contributed by atoms with E-state index in [1.54, 1.807) is 48.5 Å². The molecule has 0 amide bonds. The highest BCUT2D eigenvalue weighted by molar-refractivity contribution is 6.30. The second kappa shape index (κ2) is 7.44. The molecule has 0 N–H and O–H groups in total. The van der Waals surface area contributed by atoms with Gasteiger partial charge >= 0.3 is 6.55 Å². The summed E-state index contributed by atoms with van der Waals surface area (Å²) in [5, 5.41) is 0.558. The lowest BCUT2D eigenvalue weighted by atomic mass is 10.0. The standard InChI is InChI=1S/C18H13ClF2N2O2/c19-14-5-1-12(2-6-14)17(24)13-3-7-15(8-4-13)25-11-16-22-9-10-23(16)18(20)21/h1-10,18H,11H2. The molecule has 3 rings (SSSR count). The van der Waals surface area contributed by atoms with Crippen LogP contribution in [-0.4, -0.2) is 15.3 Å². The molecule has 0 saturated heterocycles. The summed E-state index contributed by atoms with van der Waals surface area (Å²) in [5.74, 6) is 0.434. The molecule has 0 bridgehead atoms. The van der Waals surface area contributed by atoms with Crippen molar-refractivity contribution in [1.29, 1.82) is 0 Å². The van der Waals surface area contributed by atoms with Crippen LogP contribution < -0.4 is 4.74 Å². The van der Waals surface area contributed by atoms with Gasteiger partial charge in [-0.3, -0.25) is 9.36 Å². The fourth-order valence-corrected chi connectivity index (χ4v) is 2.38. The number of hydrogen-bond acceptors (Lipinski definition) is 3. The van der Waals surface area contributed by atoms with E-state index in [4.69, 9.17) is 16.3 Å². The van der Waals surface area contributed by atoms with E-state index in [0.717, 1.165) is 4.57 Å². The summed E-state index contributed by atoms with van der Waals surface area (Å²) in [4.78, 5) is 16.2. The Balaban J connectivity index is 1.67. The van der Waals surface area contributed by atoms with Crippen molar-refractivity contribution in [3.8, 4) is 5.75 Å². The number of ether oxygens (including phenoxy) is 1. The van der Waals surface area contributed by atoms with Gasteiger partial charge in [-0.15, -0.1) is 0 Å². The van der Waals surface area contributed by atoms with Crippen LogP contribution in [0.4, 0.5) is 8.78 Å². The molecule has 3 aromatic rings. The molecule has 25 heavy (non-hydrogen) atoms. The molecule has 0 aliphatic rings. The van der Waals surface area contributed by atoms with Crippen molar-refractivity contribution in [2.45, 2.75) is 13.2 Å². The van der Waals surface area contributed by atoms with Crippen molar-refractivity contribution in [1.82, 2.24) is 9.55 Å². The molecule has 0 radical (unpaired) electrons. The van der Waals surface area contributed by atoms with E-state index in [0.29, 0.717) is 21.9 Å². The molecular formula is C18H13ClF2N2O2. The largest absolute Gasteiger partial charge is 0.486 e. The van der Waals surface area contributed by atoms with Gasteiger partial charge in [0.2, 0.25) is 0 Å². The number of benzene rings is 2. The highest BCUT2D eigenvalue weighted by Crippen LogP contribution is 2.19. The Hall–Kier alpha value is -2.73. The molecule has 0 spiro atoms. The van der Waals surface area contributed by atoms with Crippen molar-refractivity contribution < 1.29 is 18.3 Å². The van der Waals surface area contributed by atoms with Crippen LogP contribution in [0.5, 0.6) is 5.75 Å². The van der Waals surface area contributed by atoms with E-state index < -0.39 is 6.55 Å². The van der Waals surface area contributed by atoms with Crippen LogP contribution in [0.3, 0.4) is 0 Å². The number of hydrogen-bond donors (Lipinski definition) is 0. The molecule has 0 unspecified atom stereocenters. The topological polar surface area (TPSA) is 44.1 Å². The minimum absolute atomic E-state index is 0.0954. The van der Waals surface area contributed by atoms with Gasteiger partial charge < -0.3 is 4.74 Å². The van der Waals surface area contributed by atoms with Crippen molar-refractivity contribution in [3.05, 3.63) is 82.9 Å². The molecule has 128 valence electrons. The first-order valence-electron chi connectivity index (χ1n) is 7.37. The van der Waals surface area contributed by atoms with Gasteiger partial charge in [0.25, 0.3) is 0 Å². The van der Waals surface area contributed by atoms with Crippen molar-refractivity contribution in [3.63, 3.8) is 0 Å². The SMILES string of the molecule is O=C(c1ccc(Cl)cc1)c1ccc(OCc2nccn2C(F)F)cc1. The predicted octanol–water partition coefficient (Wildman–Crippen LogP) is 4.74. The summed E-state index contributed by atoms with van der Waals surface area (Å²) in [5.41, 5.74) is 1.01. The van der Waals surface area contributed by atoms with Crippen LogP contribution in [0.2, 0.25) is 5.02 Å². The third-order valence-corrected chi connectivity index (χ3v) is 3.80. The second-order valence-corrected chi connectivity index (χ2v) is 5.61. The predicted molar refractivity (Wildman–Crippen MR) is 89.1 cm³/mol. The van der Waals surface area contributed by atoms with E-state index in [2.05, 4.69) is 4.98 Å². The Kier molecular flexibility index (Phi) is 5.09. The van der Waals surface area contributed by atoms with Gasteiger partial charge in [-0.05, 0) is 48.5 Å². The number of alkyl halides is 2.